The zero-order valence-corrected chi connectivity index (χ0v) is 10.9. The van der Waals surface area contributed by atoms with E-state index in [1.165, 1.54) is 24.3 Å². The van der Waals surface area contributed by atoms with Gasteiger partial charge in [0, 0.05) is 18.7 Å². The second-order valence-corrected chi connectivity index (χ2v) is 3.73. The quantitative estimate of drug-likeness (QED) is 0.350. The van der Waals surface area contributed by atoms with Crippen LogP contribution in [0.25, 0.3) is 0 Å². The molecule has 0 fully saturated rings. The summed E-state index contributed by atoms with van der Waals surface area (Å²) < 4.78 is 14.4. The molecule has 0 bridgehead atoms. The van der Waals surface area contributed by atoms with Gasteiger partial charge in [0.1, 0.15) is 18.5 Å². The first kappa shape index (κ1) is 15.9. The zero-order valence-electron chi connectivity index (χ0n) is 10.9. The highest BCUT2D eigenvalue weighted by molar-refractivity contribution is 5.64. The summed E-state index contributed by atoms with van der Waals surface area (Å²) in [4.78, 5) is 21.1. The molecule has 0 aliphatic heterocycles. The highest BCUT2D eigenvalue weighted by Gasteiger charge is 2.12. The lowest BCUT2D eigenvalue weighted by Gasteiger charge is -2.10. The van der Waals surface area contributed by atoms with Gasteiger partial charge in [-0.15, -0.1) is 0 Å². The lowest BCUT2D eigenvalue weighted by Crippen LogP contribution is -2.24. The number of aliphatic hydroxyl groups is 1. The molecule has 1 aromatic rings. The predicted molar refractivity (Wildman–Crippen MR) is 67.6 cm³/mol. The van der Waals surface area contributed by atoms with Crippen molar-refractivity contribution in [2.45, 2.75) is 13.0 Å². The van der Waals surface area contributed by atoms with Gasteiger partial charge in [0.25, 0.3) is 5.69 Å². The van der Waals surface area contributed by atoms with Crippen molar-refractivity contribution in [1.29, 1.82) is 0 Å². The van der Waals surface area contributed by atoms with Crippen LogP contribution in [0.5, 0.6) is 5.75 Å². The fraction of sp³-hybridized carbons (Fsp3) is 0.417. The molecule has 110 valence electrons. The minimum absolute atomic E-state index is 0.0569. The lowest BCUT2D eigenvalue weighted by atomic mass is 10.3. The number of hydrogen-bond acceptors (Lipinski definition) is 7. The first-order valence-electron chi connectivity index (χ1n) is 5.87. The molecule has 1 rings (SSSR count). The van der Waals surface area contributed by atoms with E-state index >= 15 is 0 Å². The number of aliphatic hydroxyl groups excluding tert-OH is 1. The van der Waals surface area contributed by atoms with E-state index < -0.39 is 17.2 Å². The average molecular weight is 285 g/mol. The normalized spacial score (nSPS) is 11.7. The fourth-order valence-corrected chi connectivity index (χ4v) is 1.23. The van der Waals surface area contributed by atoms with Gasteiger partial charge in [0.15, 0.2) is 0 Å². The van der Waals surface area contributed by atoms with Crippen LogP contribution in [0.2, 0.25) is 0 Å². The molecule has 20 heavy (non-hydrogen) atoms. The third kappa shape index (κ3) is 5.63. The summed E-state index contributed by atoms with van der Waals surface area (Å²) in [5.74, 6) is 0.111. The standard InChI is InChI=1S/C12H15NO7/c1-2-18-7-10(14)8-19-12(15)20-11-5-3-9(4-6-11)13(16)17/h3-6,10,14H,2,7-8H2,1H3. The Kier molecular flexibility index (Phi) is 6.41. The predicted octanol–water partition coefficient (Wildman–Crippen LogP) is 1.51. The molecule has 8 nitrogen and oxygen atoms in total. The maximum atomic E-state index is 11.3. The lowest BCUT2D eigenvalue weighted by molar-refractivity contribution is -0.384. The Bertz CT molecular complexity index is 446. The molecule has 8 heteroatoms. The van der Waals surface area contributed by atoms with Crippen LogP contribution >= 0.6 is 0 Å². The van der Waals surface area contributed by atoms with E-state index in [1.54, 1.807) is 6.92 Å². The van der Waals surface area contributed by atoms with Crippen LogP contribution < -0.4 is 4.74 Å². The maximum absolute atomic E-state index is 11.3. The van der Waals surface area contributed by atoms with Crippen molar-refractivity contribution in [2.24, 2.45) is 0 Å². The van der Waals surface area contributed by atoms with E-state index in [0.29, 0.717) is 6.61 Å². The third-order valence-electron chi connectivity index (χ3n) is 2.16. The Morgan fingerprint density at radius 1 is 1.35 bits per heavy atom. The average Bonchev–Trinajstić information content (AvgIpc) is 2.43. The van der Waals surface area contributed by atoms with E-state index in [9.17, 15) is 20.0 Å². The Labute approximate surface area is 115 Å². The Hall–Kier alpha value is -2.19. The number of ether oxygens (including phenoxy) is 3. The number of rotatable bonds is 7. The number of hydrogen-bond donors (Lipinski definition) is 1. The van der Waals surface area contributed by atoms with Crippen molar-refractivity contribution >= 4 is 11.8 Å². The van der Waals surface area contributed by atoms with Crippen LogP contribution in [0.1, 0.15) is 6.92 Å². The van der Waals surface area contributed by atoms with Crippen LogP contribution in [0, 0.1) is 10.1 Å². The van der Waals surface area contributed by atoms with Gasteiger partial charge in [-0.2, -0.15) is 0 Å². The second kappa shape index (κ2) is 8.08. The van der Waals surface area contributed by atoms with Crippen LogP contribution in [0.15, 0.2) is 24.3 Å². The first-order valence-corrected chi connectivity index (χ1v) is 5.87. The topological polar surface area (TPSA) is 108 Å². The maximum Gasteiger partial charge on any atom is 0.513 e. The number of non-ortho nitro benzene ring substituents is 1. The number of nitro benzene ring substituents is 1. The number of carbonyl (C=O) groups is 1. The van der Waals surface area contributed by atoms with Crippen LogP contribution in [0.4, 0.5) is 10.5 Å². The molecule has 1 aromatic carbocycles. The molecule has 0 radical (unpaired) electrons. The summed E-state index contributed by atoms with van der Waals surface area (Å²) in [7, 11) is 0. The molecule has 0 amide bonds. The molecule has 1 N–H and O–H groups in total. The SMILES string of the molecule is CCOCC(O)COC(=O)Oc1ccc([N+](=O)[O-])cc1. The van der Waals surface area contributed by atoms with Crippen LogP contribution in [-0.4, -0.2) is 42.1 Å². The van der Waals surface area contributed by atoms with Gasteiger partial charge in [-0.25, -0.2) is 4.79 Å². The number of nitrogens with zero attached hydrogens (tertiary/aromatic N) is 1. The van der Waals surface area contributed by atoms with Gasteiger partial charge in [0.05, 0.1) is 11.5 Å². The van der Waals surface area contributed by atoms with E-state index in [0.717, 1.165) is 0 Å². The minimum atomic E-state index is -1.01. The summed E-state index contributed by atoms with van der Waals surface area (Å²) in [6.07, 6.45) is -1.94. The van der Waals surface area contributed by atoms with Crippen molar-refractivity contribution in [3.05, 3.63) is 34.4 Å². The highest BCUT2D eigenvalue weighted by Crippen LogP contribution is 2.17. The summed E-state index contributed by atoms with van der Waals surface area (Å²) in [5.41, 5.74) is -0.113. The smallest absolute Gasteiger partial charge is 0.431 e. The highest BCUT2D eigenvalue weighted by atomic mass is 16.7. The van der Waals surface area contributed by atoms with Gasteiger partial charge >= 0.3 is 6.16 Å². The summed E-state index contributed by atoms with van der Waals surface area (Å²) >= 11 is 0. The monoisotopic (exact) mass is 285 g/mol. The summed E-state index contributed by atoms with van der Waals surface area (Å²) in [6, 6.07) is 4.95. The van der Waals surface area contributed by atoms with E-state index in [4.69, 9.17) is 9.47 Å². The van der Waals surface area contributed by atoms with Gasteiger partial charge in [-0.3, -0.25) is 10.1 Å². The molecule has 0 saturated carbocycles. The molecule has 1 atom stereocenters. The molecule has 1 unspecified atom stereocenters. The molecule has 0 aliphatic carbocycles. The number of benzene rings is 1. The van der Waals surface area contributed by atoms with Gasteiger partial charge in [0.2, 0.25) is 0 Å². The van der Waals surface area contributed by atoms with Crippen molar-refractivity contribution < 1.29 is 29.0 Å². The van der Waals surface area contributed by atoms with Gasteiger partial charge in [-0.05, 0) is 19.1 Å². The molecule has 0 spiro atoms. The summed E-state index contributed by atoms with van der Waals surface area (Å²) in [5, 5.41) is 19.8. The fourth-order valence-electron chi connectivity index (χ4n) is 1.23. The first-order chi connectivity index (χ1) is 9.52. The second-order valence-electron chi connectivity index (χ2n) is 3.73. The Morgan fingerprint density at radius 2 is 2.00 bits per heavy atom. The van der Waals surface area contributed by atoms with Gasteiger partial charge in [-0.1, -0.05) is 0 Å². The van der Waals surface area contributed by atoms with Gasteiger partial charge < -0.3 is 19.3 Å². The zero-order chi connectivity index (χ0) is 15.0. The number of carbonyl (C=O) groups excluding carboxylic acids is 1. The van der Waals surface area contributed by atoms with Crippen LogP contribution in [0.3, 0.4) is 0 Å². The third-order valence-corrected chi connectivity index (χ3v) is 2.16. The van der Waals surface area contributed by atoms with E-state index in [2.05, 4.69) is 4.74 Å². The van der Waals surface area contributed by atoms with Crippen molar-refractivity contribution in [1.82, 2.24) is 0 Å². The molecule has 0 heterocycles. The van der Waals surface area contributed by atoms with Crippen molar-refractivity contribution in [2.75, 3.05) is 19.8 Å². The molecule has 0 aliphatic rings. The van der Waals surface area contributed by atoms with E-state index in [1.807, 2.05) is 0 Å². The van der Waals surface area contributed by atoms with Crippen molar-refractivity contribution in [3.63, 3.8) is 0 Å². The minimum Gasteiger partial charge on any atom is -0.431 e. The number of nitro groups is 1. The Morgan fingerprint density at radius 3 is 2.55 bits per heavy atom. The summed E-state index contributed by atoms with van der Waals surface area (Å²) in [6.45, 7) is 2.02. The van der Waals surface area contributed by atoms with Crippen LogP contribution in [-0.2, 0) is 9.47 Å². The largest absolute Gasteiger partial charge is 0.513 e. The molecule has 0 saturated heterocycles. The van der Waals surface area contributed by atoms with Crippen molar-refractivity contribution in [3.8, 4) is 5.75 Å². The van der Waals surface area contributed by atoms with E-state index in [-0.39, 0.29) is 24.7 Å². The molecular formula is C12H15NO7. The molecule has 0 aromatic heterocycles. The molecular weight excluding hydrogens is 270 g/mol. The Balaban J connectivity index is 2.36.